The highest BCUT2D eigenvalue weighted by Crippen LogP contribution is 2.30. The third kappa shape index (κ3) is 4.05. The normalized spacial score (nSPS) is 11.9. The van der Waals surface area contributed by atoms with Crippen LogP contribution in [0.15, 0.2) is 78.9 Å². The molecule has 24 heavy (non-hydrogen) atoms. The fourth-order valence-electron chi connectivity index (χ4n) is 3.28. The lowest BCUT2D eigenvalue weighted by Gasteiger charge is -2.21. The first-order valence-corrected chi connectivity index (χ1v) is 8.62. The number of benzene rings is 3. The van der Waals surface area contributed by atoms with Crippen LogP contribution in [-0.2, 0) is 12.8 Å². The van der Waals surface area contributed by atoms with Gasteiger partial charge in [-0.05, 0) is 48.4 Å². The summed E-state index contributed by atoms with van der Waals surface area (Å²) in [6.07, 6.45) is 2.10. The minimum atomic E-state index is 0.457. The summed E-state index contributed by atoms with van der Waals surface area (Å²) >= 11 is 0. The zero-order valence-electron chi connectivity index (χ0n) is 14.5. The molecule has 1 nitrogen and oxygen atoms in total. The predicted octanol–water partition coefficient (Wildman–Crippen LogP) is 5.61. The lowest BCUT2D eigenvalue weighted by molar-refractivity contribution is 0.681. The number of rotatable bonds is 6. The van der Waals surface area contributed by atoms with Gasteiger partial charge in [-0.15, -0.1) is 0 Å². The number of hydrogen-bond donors (Lipinski definition) is 1. The van der Waals surface area contributed by atoms with Crippen molar-refractivity contribution in [2.75, 3.05) is 12.4 Å². The average molecular weight is 315 g/mol. The Labute approximate surface area is 145 Å². The fraction of sp³-hybridized carbons (Fsp3) is 0.217. The Balaban J connectivity index is 1.92. The number of nitrogens with one attached hydrogen (secondary N) is 1. The molecule has 1 N–H and O–H groups in total. The third-order valence-electron chi connectivity index (χ3n) is 4.60. The van der Waals surface area contributed by atoms with Crippen LogP contribution in [0.3, 0.4) is 0 Å². The summed E-state index contributed by atoms with van der Waals surface area (Å²) in [6.45, 7) is 2.14. The van der Waals surface area contributed by atoms with Crippen LogP contribution < -0.4 is 5.32 Å². The second kappa shape index (κ2) is 7.83. The van der Waals surface area contributed by atoms with Crippen LogP contribution in [0, 0.1) is 6.92 Å². The van der Waals surface area contributed by atoms with E-state index >= 15 is 0 Å². The molecule has 0 spiro atoms. The van der Waals surface area contributed by atoms with E-state index in [2.05, 4.69) is 91.1 Å². The summed E-state index contributed by atoms with van der Waals surface area (Å²) in [6, 6.07) is 28.4. The lowest BCUT2D eigenvalue weighted by atomic mass is 9.85. The molecule has 1 unspecified atom stereocenters. The van der Waals surface area contributed by atoms with Crippen LogP contribution in [0.4, 0.5) is 5.69 Å². The molecular formula is C23H25N. The first-order valence-electron chi connectivity index (χ1n) is 8.62. The van der Waals surface area contributed by atoms with E-state index in [0.29, 0.717) is 5.92 Å². The molecule has 3 aromatic rings. The van der Waals surface area contributed by atoms with Crippen LogP contribution in [0.5, 0.6) is 0 Å². The van der Waals surface area contributed by atoms with Gasteiger partial charge in [0, 0.05) is 12.7 Å². The van der Waals surface area contributed by atoms with Gasteiger partial charge >= 0.3 is 0 Å². The van der Waals surface area contributed by atoms with Gasteiger partial charge in [0.15, 0.2) is 0 Å². The molecule has 3 aromatic carbocycles. The molecule has 0 bridgehead atoms. The van der Waals surface area contributed by atoms with Gasteiger partial charge in [0.1, 0.15) is 0 Å². The molecule has 3 rings (SSSR count). The van der Waals surface area contributed by atoms with Crippen LogP contribution in [-0.4, -0.2) is 7.05 Å². The standard InChI is InChI=1S/C23H25N/c1-18-12-14-20(15-13-18)17-21(16-19-8-4-3-5-9-19)22-10-6-7-11-23(22)24-2/h3-15,21,24H,16-17H2,1-2H3. The Morgan fingerprint density at radius 2 is 1.29 bits per heavy atom. The maximum atomic E-state index is 3.36. The van der Waals surface area contributed by atoms with E-state index in [1.807, 2.05) is 7.05 Å². The quantitative estimate of drug-likeness (QED) is 0.624. The van der Waals surface area contributed by atoms with E-state index in [1.54, 1.807) is 0 Å². The largest absolute Gasteiger partial charge is 0.388 e. The van der Waals surface area contributed by atoms with Gasteiger partial charge in [-0.25, -0.2) is 0 Å². The van der Waals surface area contributed by atoms with Crippen molar-refractivity contribution in [2.45, 2.75) is 25.7 Å². The fourth-order valence-corrected chi connectivity index (χ4v) is 3.28. The highest BCUT2D eigenvalue weighted by Gasteiger charge is 2.16. The van der Waals surface area contributed by atoms with Gasteiger partial charge in [0.2, 0.25) is 0 Å². The van der Waals surface area contributed by atoms with E-state index in [0.717, 1.165) is 12.8 Å². The first kappa shape index (κ1) is 16.3. The number of anilines is 1. The minimum Gasteiger partial charge on any atom is -0.388 e. The molecule has 0 aliphatic rings. The van der Waals surface area contributed by atoms with Gasteiger partial charge in [-0.2, -0.15) is 0 Å². The van der Waals surface area contributed by atoms with Gasteiger partial charge in [0.25, 0.3) is 0 Å². The molecule has 1 atom stereocenters. The second-order valence-corrected chi connectivity index (χ2v) is 6.41. The Morgan fingerprint density at radius 3 is 1.96 bits per heavy atom. The molecule has 0 aliphatic heterocycles. The Morgan fingerprint density at radius 1 is 0.708 bits per heavy atom. The summed E-state index contributed by atoms with van der Waals surface area (Å²) < 4.78 is 0. The average Bonchev–Trinajstić information content (AvgIpc) is 2.64. The smallest absolute Gasteiger partial charge is 0.0373 e. The van der Waals surface area contributed by atoms with Crippen molar-refractivity contribution >= 4 is 5.69 Å². The molecule has 1 heteroatoms. The second-order valence-electron chi connectivity index (χ2n) is 6.41. The van der Waals surface area contributed by atoms with Gasteiger partial charge in [0.05, 0.1) is 0 Å². The van der Waals surface area contributed by atoms with Crippen LogP contribution in [0.1, 0.15) is 28.2 Å². The molecule has 0 radical (unpaired) electrons. The first-order chi connectivity index (χ1) is 11.8. The topological polar surface area (TPSA) is 12.0 Å². The molecule has 0 saturated heterocycles. The Bertz CT molecular complexity index is 760. The van der Waals surface area contributed by atoms with E-state index in [-0.39, 0.29) is 0 Å². The maximum absolute atomic E-state index is 3.36. The molecule has 0 aliphatic carbocycles. The van der Waals surface area contributed by atoms with E-state index in [1.165, 1.54) is 27.9 Å². The van der Waals surface area contributed by atoms with Crippen LogP contribution in [0.25, 0.3) is 0 Å². The van der Waals surface area contributed by atoms with Gasteiger partial charge in [-0.3, -0.25) is 0 Å². The molecule has 0 amide bonds. The lowest BCUT2D eigenvalue weighted by Crippen LogP contribution is -2.09. The Kier molecular flexibility index (Phi) is 5.32. The molecular weight excluding hydrogens is 290 g/mol. The van der Waals surface area contributed by atoms with Gasteiger partial charge in [-0.1, -0.05) is 78.4 Å². The van der Waals surface area contributed by atoms with Crippen LogP contribution >= 0.6 is 0 Å². The highest BCUT2D eigenvalue weighted by atomic mass is 14.8. The van der Waals surface area contributed by atoms with Crippen molar-refractivity contribution in [1.82, 2.24) is 0 Å². The van der Waals surface area contributed by atoms with Gasteiger partial charge < -0.3 is 5.32 Å². The number of para-hydroxylation sites is 1. The maximum Gasteiger partial charge on any atom is 0.0373 e. The SMILES string of the molecule is CNc1ccccc1C(Cc1ccccc1)Cc1ccc(C)cc1. The van der Waals surface area contributed by atoms with E-state index < -0.39 is 0 Å². The highest BCUT2D eigenvalue weighted by molar-refractivity contribution is 5.53. The minimum absolute atomic E-state index is 0.457. The molecule has 0 saturated carbocycles. The summed E-state index contributed by atoms with van der Waals surface area (Å²) in [5.41, 5.74) is 6.72. The molecule has 122 valence electrons. The third-order valence-corrected chi connectivity index (χ3v) is 4.60. The molecule has 0 aromatic heterocycles. The van der Waals surface area contributed by atoms with Crippen molar-refractivity contribution in [3.8, 4) is 0 Å². The van der Waals surface area contributed by atoms with Crippen LogP contribution in [0.2, 0.25) is 0 Å². The van der Waals surface area contributed by atoms with E-state index in [4.69, 9.17) is 0 Å². The van der Waals surface area contributed by atoms with E-state index in [9.17, 15) is 0 Å². The van der Waals surface area contributed by atoms with Crippen molar-refractivity contribution in [3.05, 3.63) is 101 Å². The summed E-state index contributed by atoms with van der Waals surface area (Å²) in [4.78, 5) is 0. The predicted molar refractivity (Wildman–Crippen MR) is 104 cm³/mol. The van der Waals surface area contributed by atoms with Crippen molar-refractivity contribution < 1.29 is 0 Å². The zero-order valence-corrected chi connectivity index (χ0v) is 14.5. The summed E-state index contributed by atoms with van der Waals surface area (Å²) in [5.74, 6) is 0.457. The Hall–Kier alpha value is -2.54. The number of hydrogen-bond acceptors (Lipinski definition) is 1. The molecule has 0 fully saturated rings. The van der Waals surface area contributed by atoms with Crippen molar-refractivity contribution in [3.63, 3.8) is 0 Å². The zero-order chi connectivity index (χ0) is 16.8. The molecule has 0 heterocycles. The van der Waals surface area contributed by atoms with Crippen molar-refractivity contribution in [1.29, 1.82) is 0 Å². The number of aryl methyl sites for hydroxylation is 1. The monoisotopic (exact) mass is 315 g/mol. The van der Waals surface area contributed by atoms with Crippen molar-refractivity contribution in [2.24, 2.45) is 0 Å². The summed E-state index contributed by atoms with van der Waals surface area (Å²) in [5, 5.41) is 3.36. The summed E-state index contributed by atoms with van der Waals surface area (Å²) in [7, 11) is 2.00.